The van der Waals surface area contributed by atoms with Crippen molar-refractivity contribution in [3.8, 4) is 0 Å². The molecule has 2 amide bonds. The summed E-state index contributed by atoms with van der Waals surface area (Å²) in [5.74, 6) is 1.74. The zero-order valence-corrected chi connectivity index (χ0v) is 14.6. The van der Waals surface area contributed by atoms with Crippen LogP contribution in [0, 0.1) is 0 Å². The summed E-state index contributed by atoms with van der Waals surface area (Å²) in [7, 11) is 0. The van der Waals surface area contributed by atoms with E-state index in [9.17, 15) is 4.79 Å². The van der Waals surface area contributed by atoms with Gasteiger partial charge in [0.2, 0.25) is 0 Å². The summed E-state index contributed by atoms with van der Waals surface area (Å²) in [5, 5.41) is 0. The lowest BCUT2D eigenvalue weighted by Crippen LogP contribution is -2.57. The molecule has 0 saturated carbocycles. The molecule has 0 aromatic carbocycles. The fraction of sp³-hybridized carbons (Fsp3) is 0.471. The molecule has 0 N–H and O–H groups in total. The number of hydrogen-bond donors (Lipinski definition) is 0. The molecule has 2 aliphatic rings. The van der Waals surface area contributed by atoms with Gasteiger partial charge in [-0.15, -0.1) is 0 Å². The van der Waals surface area contributed by atoms with E-state index in [4.69, 9.17) is 0 Å². The molecule has 0 aliphatic carbocycles. The zero-order chi connectivity index (χ0) is 17.8. The van der Waals surface area contributed by atoms with Gasteiger partial charge in [-0.1, -0.05) is 0 Å². The molecule has 0 unspecified atom stereocenters. The Kier molecular flexibility index (Phi) is 4.76. The Balaban J connectivity index is 1.28. The summed E-state index contributed by atoms with van der Waals surface area (Å²) in [4.78, 5) is 37.9. The normalized spacial score (nSPS) is 18.2. The number of hydrogen-bond acceptors (Lipinski definition) is 7. The van der Waals surface area contributed by atoms with Crippen molar-refractivity contribution in [2.45, 2.75) is 0 Å². The van der Waals surface area contributed by atoms with Gasteiger partial charge in [0, 0.05) is 77.1 Å². The summed E-state index contributed by atoms with van der Waals surface area (Å²) in [6.07, 6.45) is 10.3. The predicted octanol–water partition coefficient (Wildman–Crippen LogP) is 0.331. The van der Waals surface area contributed by atoms with Gasteiger partial charge in [-0.25, -0.2) is 14.8 Å². The molecular weight excluding hydrogens is 332 g/mol. The lowest BCUT2D eigenvalue weighted by atomic mass is 10.3. The van der Waals surface area contributed by atoms with Crippen LogP contribution in [0.5, 0.6) is 0 Å². The van der Waals surface area contributed by atoms with Crippen molar-refractivity contribution in [1.29, 1.82) is 0 Å². The van der Waals surface area contributed by atoms with Crippen molar-refractivity contribution in [1.82, 2.24) is 29.7 Å². The highest BCUT2D eigenvalue weighted by molar-refractivity contribution is 5.75. The van der Waals surface area contributed by atoms with E-state index >= 15 is 0 Å². The summed E-state index contributed by atoms with van der Waals surface area (Å²) in [6, 6.07) is 0.127. The SMILES string of the molecule is O=C(N1CCN(c2cnccn2)CC1)N1CCN(c2cnccn2)CC1. The van der Waals surface area contributed by atoms with Gasteiger partial charge in [0.1, 0.15) is 11.6 Å². The highest BCUT2D eigenvalue weighted by Gasteiger charge is 2.28. The third-order valence-corrected chi connectivity index (χ3v) is 4.85. The van der Waals surface area contributed by atoms with Crippen molar-refractivity contribution in [3.05, 3.63) is 37.2 Å². The molecular formula is C17H22N8O. The van der Waals surface area contributed by atoms with Crippen LogP contribution >= 0.6 is 0 Å². The van der Waals surface area contributed by atoms with Gasteiger partial charge < -0.3 is 19.6 Å². The Morgan fingerprint density at radius 2 is 1.08 bits per heavy atom. The average Bonchev–Trinajstić information content (AvgIpc) is 2.75. The van der Waals surface area contributed by atoms with Crippen molar-refractivity contribution >= 4 is 17.7 Å². The molecule has 0 spiro atoms. The van der Waals surface area contributed by atoms with Gasteiger partial charge >= 0.3 is 6.03 Å². The molecule has 136 valence electrons. The van der Waals surface area contributed by atoms with Gasteiger partial charge in [0.25, 0.3) is 0 Å². The van der Waals surface area contributed by atoms with Gasteiger partial charge in [-0.2, -0.15) is 0 Å². The summed E-state index contributed by atoms with van der Waals surface area (Å²) in [6.45, 7) is 5.96. The smallest absolute Gasteiger partial charge is 0.320 e. The van der Waals surface area contributed by atoms with Crippen LogP contribution in [-0.4, -0.2) is 88.1 Å². The first kappa shape index (κ1) is 16.5. The maximum atomic E-state index is 12.8. The maximum Gasteiger partial charge on any atom is 0.320 e. The first-order valence-corrected chi connectivity index (χ1v) is 8.87. The quantitative estimate of drug-likeness (QED) is 0.769. The van der Waals surface area contributed by atoms with E-state index in [-0.39, 0.29) is 6.03 Å². The van der Waals surface area contributed by atoms with Gasteiger partial charge in [-0.05, 0) is 0 Å². The topological polar surface area (TPSA) is 81.6 Å². The molecule has 2 saturated heterocycles. The Bertz CT molecular complexity index is 651. The number of nitrogens with zero attached hydrogens (tertiary/aromatic N) is 8. The van der Waals surface area contributed by atoms with E-state index in [0.717, 1.165) is 37.8 Å². The van der Waals surface area contributed by atoms with Crippen LogP contribution in [-0.2, 0) is 0 Å². The molecule has 2 aliphatic heterocycles. The fourth-order valence-corrected chi connectivity index (χ4v) is 3.36. The van der Waals surface area contributed by atoms with Gasteiger partial charge in [-0.3, -0.25) is 9.97 Å². The van der Waals surface area contributed by atoms with E-state index in [2.05, 4.69) is 29.7 Å². The second-order valence-corrected chi connectivity index (χ2v) is 6.36. The fourth-order valence-electron chi connectivity index (χ4n) is 3.36. The highest BCUT2D eigenvalue weighted by Crippen LogP contribution is 2.15. The number of carbonyl (C=O) groups is 1. The van der Waals surface area contributed by atoms with Crippen LogP contribution in [0.15, 0.2) is 37.2 Å². The van der Waals surface area contributed by atoms with E-state index in [1.165, 1.54) is 0 Å². The van der Waals surface area contributed by atoms with Crippen LogP contribution in [0.25, 0.3) is 0 Å². The number of anilines is 2. The van der Waals surface area contributed by atoms with Crippen molar-refractivity contribution in [3.63, 3.8) is 0 Å². The van der Waals surface area contributed by atoms with Crippen LogP contribution in [0.3, 0.4) is 0 Å². The summed E-state index contributed by atoms with van der Waals surface area (Å²) in [5.41, 5.74) is 0. The van der Waals surface area contributed by atoms with Crippen molar-refractivity contribution < 1.29 is 4.79 Å². The van der Waals surface area contributed by atoms with Crippen LogP contribution in [0.1, 0.15) is 0 Å². The molecule has 4 rings (SSSR count). The van der Waals surface area contributed by atoms with Crippen LogP contribution in [0.4, 0.5) is 16.4 Å². The molecule has 0 atom stereocenters. The standard InChI is InChI=1S/C17H22N8O/c26-17(24-9-5-22(6-10-24)15-13-18-1-3-20-15)25-11-7-23(8-12-25)16-14-19-2-4-21-16/h1-4,13-14H,5-12H2. The first-order chi connectivity index (χ1) is 12.8. The Hall–Kier alpha value is -2.97. The molecule has 0 radical (unpaired) electrons. The maximum absolute atomic E-state index is 12.8. The molecule has 2 aromatic rings. The van der Waals surface area contributed by atoms with Gasteiger partial charge in [0.05, 0.1) is 12.4 Å². The van der Waals surface area contributed by atoms with Gasteiger partial charge in [0.15, 0.2) is 0 Å². The van der Waals surface area contributed by atoms with E-state index in [1.807, 2.05) is 9.80 Å². The third kappa shape index (κ3) is 3.51. The van der Waals surface area contributed by atoms with Crippen molar-refractivity contribution in [2.75, 3.05) is 62.2 Å². The summed E-state index contributed by atoms with van der Waals surface area (Å²) < 4.78 is 0. The van der Waals surface area contributed by atoms with E-state index in [0.29, 0.717) is 26.2 Å². The largest absolute Gasteiger partial charge is 0.352 e. The van der Waals surface area contributed by atoms with Crippen molar-refractivity contribution in [2.24, 2.45) is 0 Å². The molecule has 26 heavy (non-hydrogen) atoms. The van der Waals surface area contributed by atoms with E-state index in [1.54, 1.807) is 37.2 Å². The molecule has 2 fully saturated rings. The van der Waals surface area contributed by atoms with E-state index < -0.39 is 0 Å². The Labute approximate surface area is 152 Å². The van der Waals surface area contributed by atoms with Crippen LogP contribution < -0.4 is 9.80 Å². The minimum atomic E-state index is 0.127. The molecule has 0 bridgehead atoms. The summed E-state index contributed by atoms with van der Waals surface area (Å²) >= 11 is 0. The minimum Gasteiger partial charge on any atom is -0.352 e. The molecule has 9 nitrogen and oxygen atoms in total. The number of piperazine rings is 2. The average molecular weight is 354 g/mol. The number of rotatable bonds is 2. The lowest BCUT2D eigenvalue weighted by Gasteiger charge is -2.41. The molecule has 9 heteroatoms. The number of urea groups is 1. The third-order valence-electron chi connectivity index (χ3n) is 4.85. The molecule has 4 heterocycles. The predicted molar refractivity (Wildman–Crippen MR) is 97.0 cm³/mol. The molecule has 2 aromatic heterocycles. The monoisotopic (exact) mass is 354 g/mol. The number of amides is 2. The number of carbonyl (C=O) groups excluding carboxylic acids is 1. The Morgan fingerprint density at radius 1 is 0.654 bits per heavy atom. The van der Waals surface area contributed by atoms with Crippen LogP contribution in [0.2, 0.25) is 0 Å². The zero-order valence-electron chi connectivity index (χ0n) is 14.6. The second kappa shape index (κ2) is 7.51. The lowest BCUT2D eigenvalue weighted by molar-refractivity contribution is 0.147. The highest BCUT2D eigenvalue weighted by atomic mass is 16.2. The number of aromatic nitrogens is 4. The first-order valence-electron chi connectivity index (χ1n) is 8.87. The minimum absolute atomic E-state index is 0.127. The Morgan fingerprint density at radius 3 is 1.42 bits per heavy atom. The second-order valence-electron chi connectivity index (χ2n) is 6.36.